The lowest BCUT2D eigenvalue weighted by Crippen LogP contribution is -2.41. The molecule has 19 heavy (non-hydrogen) atoms. The Kier molecular flexibility index (Phi) is 5.79. The molecule has 0 spiro atoms. The third kappa shape index (κ3) is 5.19. The SMILES string of the molecule is CC(C)(C)C(=O)NCCC(=O)NC1CCCC1CO. The van der Waals surface area contributed by atoms with Gasteiger partial charge in [0.1, 0.15) is 0 Å². The topological polar surface area (TPSA) is 78.4 Å². The first kappa shape index (κ1) is 16.0. The molecule has 1 saturated carbocycles. The van der Waals surface area contributed by atoms with Crippen molar-refractivity contribution >= 4 is 11.8 Å². The summed E-state index contributed by atoms with van der Waals surface area (Å²) in [5.41, 5.74) is -0.427. The van der Waals surface area contributed by atoms with Crippen molar-refractivity contribution in [2.24, 2.45) is 11.3 Å². The quantitative estimate of drug-likeness (QED) is 0.692. The molecule has 0 aromatic heterocycles. The van der Waals surface area contributed by atoms with Gasteiger partial charge in [-0.15, -0.1) is 0 Å². The summed E-state index contributed by atoms with van der Waals surface area (Å²) in [5, 5.41) is 14.9. The smallest absolute Gasteiger partial charge is 0.225 e. The molecule has 1 aliphatic carbocycles. The molecule has 0 aromatic rings. The van der Waals surface area contributed by atoms with Crippen LogP contribution in [0.25, 0.3) is 0 Å². The summed E-state index contributed by atoms with van der Waals surface area (Å²) in [7, 11) is 0. The first-order valence-corrected chi connectivity index (χ1v) is 7.03. The van der Waals surface area contributed by atoms with E-state index >= 15 is 0 Å². The van der Waals surface area contributed by atoms with Gasteiger partial charge in [-0.1, -0.05) is 27.2 Å². The van der Waals surface area contributed by atoms with E-state index in [4.69, 9.17) is 0 Å². The molecule has 5 nitrogen and oxygen atoms in total. The lowest BCUT2D eigenvalue weighted by molar-refractivity contribution is -0.128. The third-order valence-electron chi connectivity index (χ3n) is 3.56. The zero-order valence-corrected chi connectivity index (χ0v) is 12.2. The second-order valence-electron chi connectivity index (χ2n) is 6.30. The van der Waals surface area contributed by atoms with Crippen molar-refractivity contribution in [3.05, 3.63) is 0 Å². The number of aliphatic hydroxyl groups is 1. The maximum Gasteiger partial charge on any atom is 0.225 e. The summed E-state index contributed by atoms with van der Waals surface area (Å²) in [5.74, 6) is 0.0853. The van der Waals surface area contributed by atoms with E-state index in [1.165, 1.54) is 0 Å². The number of amides is 2. The van der Waals surface area contributed by atoms with Gasteiger partial charge in [0.15, 0.2) is 0 Å². The van der Waals surface area contributed by atoms with Crippen LogP contribution in [-0.2, 0) is 9.59 Å². The van der Waals surface area contributed by atoms with Gasteiger partial charge >= 0.3 is 0 Å². The van der Waals surface area contributed by atoms with E-state index in [2.05, 4.69) is 10.6 Å². The van der Waals surface area contributed by atoms with Gasteiger partial charge in [0.2, 0.25) is 11.8 Å². The van der Waals surface area contributed by atoms with E-state index in [0.29, 0.717) is 6.54 Å². The Morgan fingerprint density at radius 3 is 2.53 bits per heavy atom. The maximum atomic E-state index is 11.7. The summed E-state index contributed by atoms with van der Waals surface area (Å²) in [6, 6.07) is 0.0933. The number of hydrogen-bond donors (Lipinski definition) is 3. The minimum atomic E-state index is -0.427. The lowest BCUT2D eigenvalue weighted by atomic mass is 9.96. The fourth-order valence-corrected chi connectivity index (χ4v) is 2.28. The van der Waals surface area contributed by atoms with Crippen LogP contribution in [0.1, 0.15) is 46.5 Å². The van der Waals surface area contributed by atoms with E-state index in [1.807, 2.05) is 20.8 Å². The number of hydrogen-bond acceptors (Lipinski definition) is 3. The Hall–Kier alpha value is -1.10. The van der Waals surface area contributed by atoms with Crippen LogP contribution >= 0.6 is 0 Å². The third-order valence-corrected chi connectivity index (χ3v) is 3.56. The van der Waals surface area contributed by atoms with Crippen LogP contribution in [0, 0.1) is 11.3 Å². The molecule has 0 saturated heterocycles. The Bertz CT molecular complexity index is 323. The molecule has 0 aliphatic heterocycles. The molecule has 110 valence electrons. The Morgan fingerprint density at radius 1 is 1.26 bits per heavy atom. The Labute approximate surface area is 115 Å². The number of carbonyl (C=O) groups excluding carboxylic acids is 2. The molecule has 2 atom stereocenters. The van der Waals surface area contributed by atoms with Crippen molar-refractivity contribution in [3.63, 3.8) is 0 Å². The summed E-state index contributed by atoms with van der Waals surface area (Å²) in [6.45, 7) is 6.01. The first-order valence-electron chi connectivity index (χ1n) is 7.03. The van der Waals surface area contributed by atoms with Gasteiger partial charge in [0.05, 0.1) is 0 Å². The van der Waals surface area contributed by atoms with E-state index < -0.39 is 5.41 Å². The Balaban J connectivity index is 2.23. The molecule has 0 bridgehead atoms. The van der Waals surface area contributed by atoms with Crippen LogP contribution in [0.2, 0.25) is 0 Å². The number of nitrogens with one attached hydrogen (secondary N) is 2. The van der Waals surface area contributed by atoms with Crippen LogP contribution in [0.15, 0.2) is 0 Å². The lowest BCUT2D eigenvalue weighted by Gasteiger charge is -2.20. The van der Waals surface area contributed by atoms with Crippen molar-refractivity contribution in [2.45, 2.75) is 52.5 Å². The standard InChI is InChI=1S/C14H26N2O3/c1-14(2,3)13(19)15-8-7-12(18)16-11-6-4-5-10(11)9-17/h10-11,17H,4-9H2,1-3H3,(H,15,19)(H,16,18). The number of carbonyl (C=O) groups is 2. The van der Waals surface area contributed by atoms with Crippen LogP contribution in [-0.4, -0.2) is 36.1 Å². The highest BCUT2D eigenvalue weighted by Gasteiger charge is 2.27. The molecule has 3 N–H and O–H groups in total. The number of rotatable bonds is 5. The Morgan fingerprint density at radius 2 is 1.95 bits per heavy atom. The molecule has 0 radical (unpaired) electrons. The molecule has 1 fully saturated rings. The predicted molar refractivity (Wildman–Crippen MR) is 73.4 cm³/mol. The molecule has 1 rings (SSSR count). The first-order chi connectivity index (χ1) is 8.84. The van der Waals surface area contributed by atoms with Gasteiger partial charge in [0.25, 0.3) is 0 Å². The number of aliphatic hydroxyl groups excluding tert-OH is 1. The highest BCUT2D eigenvalue weighted by molar-refractivity contribution is 5.82. The summed E-state index contributed by atoms with van der Waals surface area (Å²) in [4.78, 5) is 23.4. The van der Waals surface area contributed by atoms with Gasteiger partial charge in [-0.3, -0.25) is 9.59 Å². The molecular formula is C14H26N2O3. The molecule has 0 aromatic carbocycles. The fourth-order valence-electron chi connectivity index (χ4n) is 2.28. The van der Waals surface area contributed by atoms with Crippen LogP contribution in [0.3, 0.4) is 0 Å². The van der Waals surface area contributed by atoms with E-state index in [1.54, 1.807) is 0 Å². The largest absolute Gasteiger partial charge is 0.396 e. The molecular weight excluding hydrogens is 244 g/mol. The average Bonchev–Trinajstić information content (AvgIpc) is 2.74. The van der Waals surface area contributed by atoms with Crippen LogP contribution in [0.5, 0.6) is 0 Å². The predicted octanol–water partition coefficient (Wildman–Crippen LogP) is 0.816. The van der Waals surface area contributed by atoms with Gasteiger partial charge in [-0.2, -0.15) is 0 Å². The summed E-state index contributed by atoms with van der Waals surface area (Å²) >= 11 is 0. The van der Waals surface area contributed by atoms with Crippen molar-refractivity contribution in [1.29, 1.82) is 0 Å². The fraction of sp³-hybridized carbons (Fsp3) is 0.857. The second-order valence-corrected chi connectivity index (χ2v) is 6.30. The van der Waals surface area contributed by atoms with E-state index in [0.717, 1.165) is 19.3 Å². The minimum absolute atomic E-state index is 0.0469. The van der Waals surface area contributed by atoms with E-state index in [9.17, 15) is 14.7 Å². The van der Waals surface area contributed by atoms with Crippen molar-refractivity contribution in [3.8, 4) is 0 Å². The zero-order valence-electron chi connectivity index (χ0n) is 12.2. The highest BCUT2D eigenvalue weighted by Crippen LogP contribution is 2.24. The minimum Gasteiger partial charge on any atom is -0.396 e. The highest BCUT2D eigenvalue weighted by atomic mass is 16.3. The van der Waals surface area contributed by atoms with Gasteiger partial charge in [-0.05, 0) is 12.8 Å². The van der Waals surface area contributed by atoms with Crippen LogP contribution in [0.4, 0.5) is 0 Å². The van der Waals surface area contributed by atoms with E-state index in [-0.39, 0.29) is 36.8 Å². The summed E-state index contributed by atoms with van der Waals surface area (Å²) in [6.07, 6.45) is 3.25. The monoisotopic (exact) mass is 270 g/mol. The average molecular weight is 270 g/mol. The molecule has 1 aliphatic rings. The summed E-state index contributed by atoms with van der Waals surface area (Å²) < 4.78 is 0. The van der Waals surface area contributed by atoms with Gasteiger partial charge < -0.3 is 15.7 Å². The van der Waals surface area contributed by atoms with Gasteiger partial charge in [0, 0.05) is 36.9 Å². The maximum absolute atomic E-state index is 11.7. The molecule has 2 unspecified atom stereocenters. The zero-order chi connectivity index (χ0) is 14.5. The van der Waals surface area contributed by atoms with Crippen molar-refractivity contribution in [2.75, 3.05) is 13.2 Å². The normalized spacial score (nSPS) is 23.2. The second kappa shape index (κ2) is 6.89. The molecule has 2 amide bonds. The molecule has 0 heterocycles. The van der Waals surface area contributed by atoms with Crippen molar-refractivity contribution in [1.82, 2.24) is 10.6 Å². The van der Waals surface area contributed by atoms with Crippen LogP contribution < -0.4 is 10.6 Å². The van der Waals surface area contributed by atoms with Crippen molar-refractivity contribution < 1.29 is 14.7 Å². The molecule has 5 heteroatoms. The van der Waals surface area contributed by atoms with Gasteiger partial charge in [-0.25, -0.2) is 0 Å².